The second-order valence-corrected chi connectivity index (χ2v) is 27.2. The Hall–Kier alpha value is -4.39. The molecule has 316 valence electrons. The molecule has 0 spiro atoms. The summed E-state index contributed by atoms with van der Waals surface area (Å²) in [5.41, 5.74) is 1.52. The van der Waals surface area contributed by atoms with E-state index in [4.69, 9.17) is 18.3 Å². The van der Waals surface area contributed by atoms with Gasteiger partial charge in [0.15, 0.2) is 0 Å². The summed E-state index contributed by atoms with van der Waals surface area (Å²) in [6.45, 7) is 18.2. The predicted octanol–water partition coefficient (Wildman–Crippen LogP) is 7.63. The first-order valence-corrected chi connectivity index (χ1v) is 25.6. The average molecular weight is 842 g/mol. The molecule has 0 radical (unpaired) electrons. The smallest absolute Gasteiger partial charge is 0.333 e. The fourth-order valence-corrected chi connectivity index (χ4v) is 19.1. The zero-order valence-electron chi connectivity index (χ0n) is 36.7. The molecular weight excluding hydrogens is 779 g/mol. The minimum absolute atomic E-state index is 0.0470. The molecule has 6 atom stereocenters. The maximum atomic E-state index is 12.5. The molecule has 4 aromatic rings. The molecule has 4 aliphatic rings. The number of hydrogen-bond acceptors (Lipinski definition) is 7. The van der Waals surface area contributed by atoms with Crippen LogP contribution in [0.1, 0.15) is 74.7 Å². The van der Waals surface area contributed by atoms with E-state index in [1.165, 1.54) is 20.7 Å². The first-order valence-electron chi connectivity index (χ1n) is 21.8. The molecule has 0 aromatic heterocycles. The number of carbonyl (C=O) groups is 2. The number of ether oxygens (including phenoxy) is 2. The Morgan fingerprint density at radius 3 is 1.32 bits per heavy atom. The van der Waals surface area contributed by atoms with Crippen molar-refractivity contribution in [1.29, 1.82) is 0 Å². The van der Waals surface area contributed by atoms with Crippen LogP contribution in [0.3, 0.4) is 0 Å². The monoisotopic (exact) mass is 841 g/mol. The Labute approximate surface area is 359 Å². The third-order valence-electron chi connectivity index (χ3n) is 12.6. The minimum atomic E-state index is -2.65. The molecule has 2 fully saturated rings. The van der Waals surface area contributed by atoms with Crippen LogP contribution in [0.15, 0.2) is 145 Å². The van der Waals surface area contributed by atoms with Crippen LogP contribution in [0, 0.1) is 11.8 Å². The minimum Gasteiger partial charge on any atom is -0.463 e. The van der Waals surface area contributed by atoms with Crippen molar-refractivity contribution in [2.24, 2.45) is 11.8 Å². The van der Waals surface area contributed by atoms with Crippen LogP contribution in [-0.2, 0) is 27.9 Å². The molecular formula is C51H63NO6Si2. The molecule has 7 nitrogen and oxygen atoms in total. The van der Waals surface area contributed by atoms with Crippen molar-refractivity contribution >= 4 is 49.3 Å². The lowest BCUT2D eigenvalue weighted by Crippen LogP contribution is -2.68. The molecule has 1 N–H and O–H groups in total. The summed E-state index contributed by atoms with van der Waals surface area (Å²) in [7, 11) is -5.27. The highest BCUT2D eigenvalue weighted by Crippen LogP contribution is 2.52. The predicted molar refractivity (Wildman–Crippen MR) is 246 cm³/mol. The molecule has 1 heterocycles. The second-order valence-electron chi connectivity index (χ2n) is 18.7. The molecule has 3 aliphatic carbocycles. The van der Waals surface area contributed by atoms with Gasteiger partial charge in [0.05, 0.1) is 31.5 Å². The van der Waals surface area contributed by atoms with Crippen molar-refractivity contribution in [3.63, 3.8) is 0 Å². The third-order valence-corrected chi connectivity index (χ3v) is 22.8. The fraction of sp³-hybridized carbons (Fsp3) is 0.412. The van der Waals surface area contributed by atoms with Crippen molar-refractivity contribution < 1.29 is 27.9 Å². The molecule has 9 heteroatoms. The van der Waals surface area contributed by atoms with E-state index in [2.05, 4.69) is 174 Å². The number of fused-ring (bicyclic) bond motifs is 2. The van der Waals surface area contributed by atoms with Crippen molar-refractivity contribution in [2.75, 3.05) is 13.2 Å². The van der Waals surface area contributed by atoms with Gasteiger partial charge in [0.1, 0.15) is 0 Å². The van der Waals surface area contributed by atoms with Crippen LogP contribution in [0.5, 0.6) is 0 Å². The van der Waals surface area contributed by atoms with Gasteiger partial charge >= 0.3 is 11.9 Å². The van der Waals surface area contributed by atoms with Crippen LogP contribution < -0.4 is 26.1 Å². The van der Waals surface area contributed by atoms with E-state index in [9.17, 15) is 9.59 Å². The number of nitrogens with one attached hydrogen (secondary N) is 1. The number of benzene rings is 4. The largest absolute Gasteiger partial charge is 0.463 e. The Bertz CT molecular complexity index is 1910. The third kappa shape index (κ3) is 8.83. The lowest BCUT2D eigenvalue weighted by molar-refractivity contribution is -0.139. The van der Waals surface area contributed by atoms with E-state index in [1.54, 1.807) is 0 Å². The molecule has 0 bridgehead atoms. The molecule has 4 aromatic carbocycles. The molecule has 1 saturated heterocycles. The first-order chi connectivity index (χ1) is 28.7. The number of hydrogen-bond donors (Lipinski definition) is 1. The van der Waals surface area contributed by atoms with Gasteiger partial charge in [-0.1, -0.05) is 175 Å². The van der Waals surface area contributed by atoms with Crippen LogP contribution >= 0.6 is 0 Å². The summed E-state index contributed by atoms with van der Waals surface area (Å²) in [6.07, 6.45) is 6.46. The normalized spacial score (nSPS) is 23.3. The Morgan fingerprint density at radius 1 is 0.567 bits per heavy atom. The van der Waals surface area contributed by atoms with E-state index in [1.807, 2.05) is 19.9 Å². The molecule has 0 unspecified atom stereocenters. The quantitative estimate of drug-likeness (QED) is 0.0892. The average Bonchev–Trinajstić information content (AvgIpc) is 4.18. The second kappa shape index (κ2) is 17.9. The summed E-state index contributed by atoms with van der Waals surface area (Å²) in [5, 5.41) is 8.43. The highest BCUT2D eigenvalue weighted by atomic mass is 28.4. The van der Waals surface area contributed by atoms with Gasteiger partial charge in [-0.25, -0.2) is 9.59 Å². The van der Waals surface area contributed by atoms with Crippen LogP contribution in [0.4, 0.5) is 0 Å². The van der Waals surface area contributed by atoms with Crippen LogP contribution in [-0.4, -0.2) is 66.1 Å². The number of carbonyl (C=O) groups excluding carboxylic acids is 2. The van der Waals surface area contributed by atoms with E-state index < -0.39 is 16.6 Å². The van der Waals surface area contributed by atoms with E-state index in [0.29, 0.717) is 37.9 Å². The molecule has 1 aliphatic heterocycles. The van der Waals surface area contributed by atoms with Gasteiger partial charge < -0.3 is 23.6 Å². The van der Waals surface area contributed by atoms with Gasteiger partial charge in [0.2, 0.25) is 0 Å². The standard InChI is InChI=1S/C26H32O3Si.C25H31NO3Si/c1-5-28-25(27)20-16-19-17-23(19)24(18-20)29-30(26(2,3)4,21-12-8-6-9-13-21)22-14-10-7-11-15-22;1-5-28-24(27)18-16-21-23(26-21)22(17-18)29-30(25(2,3)4,19-12-8-6-9-13-19)20-14-10-7-11-15-20/h6-16,19,23-24H,5,17-18H2,1-4H3;6-16,21-23,26H,5,17H2,1-4H3/t19-,23+,24-;21-,22+,23-/m10/s1. The number of rotatable bonds is 12. The highest BCUT2D eigenvalue weighted by Gasteiger charge is 2.57. The van der Waals surface area contributed by atoms with Crippen molar-refractivity contribution in [3.8, 4) is 0 Å². The summed E-state index contributed by atoms with van der Waals surface area (Å²) in [4.78, 5) is 24.9. The highest BCUT2D eigenvalue weighted by molar-refractivity contribution is 7.00. The van der Waals surface area contributed by atoms with E-state index in [0.717, 1.165) is 17.6 Å². The van der Waals surface area contributed by atoms with Gasteiger partial charge in [-0.05, 0) is 62.9 Å². The Morgan fingerprint density at radius 2 is 0.933 bits per heavy atom. The summed E-state index contributed by atoms with van der Waals surface area (Å²) < 4.78 is 25.2. The SMILES string of the molecule is CCOC(=O)C1=C[C@@H]2C[C@@H]2[C@H](O[Si](c2ccccc2)(c2ccccc2)C(C)(C)C)C1.CCOC(=O)C1=C[C@@H]2N[C@@H]2[C@H](O[Si](c2ccccc2)(c2ccccc2)C(C)(C)C)C1. The summed E-state index contributed by atoms with van der Waals surface area (Å²) in [5.74, 6) is 0.547. The van der Waals surface area contributed by atoms with Crippen molar-refractivity contribution in [3.05, 3.63) is 145 Å². The number of esters is 2. The van der Waals surface area contributed by atoms with Crippen LogP contribution in [0.2, 0.25) is 10.1 Å². The topological polar surface area (TPSA) is 93.0 Å². The van der Waals surface area contributed by atoms with Gasteiger partial charge in [0, 0.05) is 30.0 Å². The first kappa shape index (κ1) is 43.7. The van der Waals surface area contributed by atoms with Crippen molar-refractivity contribution in [1.82, 2.24) is 5.32 Å². The lowest BCUT2D eigenvalue weighted by atomic mass is 9.97. The van der Waals surface area contributed by atoms with E-state index in [-0.39, 0.29) is 46.3 Å². The van der Waals surface area contributed by atoms with Gasteiger partial charge in [0.25, 0.3) is 16.6 Å². The van der Waals surface area contributed by atoms with Gasteiger partial charge in [-0.2, -0.15) is 0 Å². The number of allylic oxidation sites excluding steroid dienone is 1. The summed E-state index contributed by atoms with van der Waals surface area (Å²) in [6, 6.07) is 43.2. The maximum Gasteiger partial charge on any atom is 0.333 e. The Kier molecular flexibility index (Phi) is 13.0. The molecule has 1 saturated carbocycles. The Balaban J connectivity index is 0.000000181. The van der Waals surface area contributed by atoms with Crippen LogP contribution in [0.25, 0.3) is 0 Å². The fourth-order valence-electron chi connectivity index (χ4n) is 9.67. The zero-order chi connectivity index (χ0) is 42.7. The molecule has 60 heavy (non-hydrogen) atoms. The van der Waals surface area contributed by atoms with Gasteiger partial charge in [-0.3, -0.25) is 0 Å². The molecule has 0 amide bonds. The maximum absolute atomic E-state index is 12.5. The summed E-state index contributed by atoms with van der Waals surface area (Å²) >= 11 is 0. The van der Waals surface area contributed by atoms with Crippen molar-refractivity contribution in [2.45, 2.75) is 109 Å². The molecule has 8 rings (SSSR count). The van der Waals surface area contributed by atoms with E-state index >= 15 is 0 Å². The van der Waals surface area contributed by atoms with Gasteiger partial charge in [-0.15, -0.1) is 0 Å². The zero-order valence-corrected chi connectivity index (χ0v) is 38.7. The lowest BCUT2D eigenvalue weighted by Gasteiger charge is -2.45.